The number of rotatable bonds is 4. The molecule has 3 N–H and O–H groups in total. The Morgan fingerprint density at radius 3 is 2.25 bits per heavy atom. The third kappa shape index (κ3) is 2.47. The second-order valence-electron chi connectivity index (χ2n) is 4.13. The Kier molecular flexibility index (Phi) is 3.70. The van der Waals surface area contributed by atoms with E-state index in [4.69, 9.17) is 15.6 Å². The summed E-state index contributed by atoms with van der Waals surface area (Å²) in [6.45, 7) is 0. The number of nitrogens with two attached hydrogens (primary N) is 1. The molecular weight excluding hydrogens is 258 g/mol. The van der Waals surface area contributed by atoms with Gasteiger partial charge in [0.05, 0.1) is 12.7 Å². The summed E-state index contributed by atoms with van der Waals surface area (Å²) < 4.78 is 5.01. The fraction of sp³-hybridized carbons (Fsp3) is 0.0667. The summed E-state index contributed by atoms with van der Waals surface area (Å²) >= 11 is 0. The second kappa shape index (κ2) is 5.44. The van der Waals surface area contributed by atoms with Crippen molar-refractivity contribution in [3.8, 4) is 5.75 Å². The van der Waals surface area contributed by atoms with E-state index in [-0.39, 0.29) is 22.4 Å². The van der Waals surface area contributed by atoms with Gasteiger partial charge in [-0.15, -0.1) is 0 Å². The van der Waals surface area contributed by atoms with Crippen LogP contribution in [0.3, 0.4) is 0 Å². The van der Waals surface area contributed by atoms with Crippen LogP contribution in [-0.4, -0.2) is 24.0 Å². The summed E-state index contributed by atoms with van der Waals surface area (Å²) in [7, 11) is 1.50. The number of hydrogen-bond donors (Lipinski definition) is 2. The van der Waals surface area contributed by atoms with Gasteiger partial charge in [-0.05, 0) is 18.2 Å². The lowest BCUT2D eigenvalue weighted by Crippen LogP contribution is -2.11. The molecule has 0 aromatic heterocycles. The van der Waals surface area contributed by atoms with Gasteiger partial charge in [-0.2, -0.15) is 0 Å². The molecule has 2 rings (SSSR count). The van der Waals surface area contributed by atoms with E-state index in [0.717, 1.165) is 0 Å². The predicted octanol–water partition coefficient (Wildman–Crippen LogP) is 2.21. The largest absolute Gasteiger partial charge is 0.497 e. The molecule has 0 radical (unpaired) electrons. The molecule has 20 heavy (non-hydrogen) atoms. The highest BCUT2D eigenvalue weighted by atomic mass is 16.5. The van der Waals surface area contributed by atoms with Crippen LogP contribution in [0.15, 0.2) is 42.5 Å². The Balaban J connectivity index is 2.49. The van der Waals surface area contributed by atoms with Crippen molar-refractivity contribution in [3.63, 3.8) is 0 Å². The first-order valence-corrected chi connectivity index (χ1v) is 5.85. The van der Waals surface area contributed by atoms with E-state index in [1.54, 1.807) is 18.2 Å². The molecule has 0 saturated heterocycles. The highest BCUT2D eigenvalue weighted by Crippen LogP contribution is 2.23. The average Bonchev–Trinajstić information content (AvgIpc) is 2.46. The SMILES string of the molecule is COc1ccc(C(=O)c2ccccc2C(=O)O)c(N)c1. The number of nitrogen functional groups attached to an aromatic ring is 1. The Morgan fingerprint density at radius 2 is 1.70 bits per heavy atom. The van der Waals surface area contributed by atoms with E-state index in [9.17, 15) is 9.59 Å². The van der Waals surface area contributed by atoms with Gasteiger partial charge in [-0.3, -0.25) is 4.79 Å². The van der Waals surface area contributed by atoms with E-state index in [2.05, 4.69) is 0 Å². The third-order valence-corrected chi connectivity index (χ3v) is 2.91. The van der Waals surface area contributed by atoms with Crippen LogP contribution in [0.25, 0.3) is 0 Å². The fourth-order valence-corrected chi connectivity index (χ4v) is 1.89. The molecule has 0 aliphatic heterocycles. The predicted molar refractivity (Wildman–Crippen MR) is 74.2 cm³/mol. The van der Waals surface area contributed by atoms with Crippen LogP contribution in [-0.2, 0) is 0 Å². The van der Waals surface area contributed by atoms with Crippen molar-refractivity contribution in [2.24, 2.45) is 0 Å². The van der Waals surface area contributed by atoms with Crippen LogP contribution in [0.1, 0.15) is 26.3 Å². The average molecular weight is 271 g/mol. The lowest BCUT2D eigenvalue weighted by atomic mass is 9.97. The fourth-order valence-electron chi connectivity index (χ4n) is 1.89. The number of anilines is 1. The Labute approximate surface area is 115 Å². The van der Waals surface area contributed by atoms with E-state index >= 15 is 0 Å². The van der Waals surface area contributed by atoms with Gasteiger partial charge in [0.2, 0.25) is 0 Å². The highest BCUT2D eigenvalue weighted by molar-refractivity contribution is 6.16. The van der Waals surface area contributed by atoms with Gasteiger partial charge in [0.25, 0.3) is 0 Å². The zero-order valence-corrected chi connectivity index (χ0v) is 10.8. The van der Waals surface area contributed by atoms with Crippen LogP contribution in [0, 0.1) is 0 Å². The number of ketones is 1. The Morgan fingerprint density at radius 1 is 1.05 bits per heavy atom. The van der Waals surface area contributed by atoms with E-state index in [0.29, 0.717) is 5.75 Å². The number of aromatic carboxylic acids is 1. The van der Waals surface area contributed by atoms with Crippen LogP contribution in [0.5, 0.6) is 5.75 Å². The van der Waals surface area contributed by atoms with Crippen LogP contribution in [0.4, 0.5) is 5.69 Å². The summed E-state index contributed by atoms with van der Waals surface area (Å²) in [5.74, 6) is -1.05. The Hall–Kier alpha value is -2.82. The van der Waals surface area contributed by atoms with E-state index in [1.165, 1.54) is 31.4 Å². The molecule has 0 aliphatic carbocycles. The Bertz CT molecular complexity index is 679. The minimum absolute atomic E-state index is 0.0484. The minimum atomic E-state index is -1.15. The number of hydrogen-bond acceptors (Lipinski definition) is 4. The summed E-state index contributed by atoms with van der Waals surface area (Å²) in [5, 5.41) is 9.11. The van der Waals surface area contributed by atoms with Crippen molar-refractivity contribution < 1.29 is 19.4 Å². The molecule has 0 atom stereocenters. The molecule has 2 aromatic rings. The maximum atomic E-state index is 12.4. The topological polar surface area (TPSA) is 89.6 Å². The quantitative estimate of drug-likeness (QED) is 0.657. The third-order valence-electron chi connectivity index (χ3n) is 2.91. The van der Waals surface area contributed by atoms with Crippen molar-refractivity contribution in [1.29, 1.82) is 0 Å². The molecule has 0 amide bonds. The zero-order chi connectivity index (χ0) is 14.7. The molecule has 5 nitrogen and oxygen atoms in total. The zero-order valence-electron chi connectivity index (χ0n) is 10.8. The molecule has 0 saturated carbocycles. The van der Waals surface area contributed by atoms with Gasteiger partial charge < -0.3 is 15.6 Å². The first-order chi connectivity index (χ1) is 9.54. The van der Waals surface area contributed by atoms with Gasteiger partial charge in [-0.1, -0.05) is 18.2 Å². The number of benzene rings is 2. The first kappa shape index (κ1) is 13.6. The van der Waals surface area contributed by atoms with E-state index < -0.39 is 11.8 Å². The molecule has 0 bridgehead atoms. The summed E-state index contributed by atoms with van der Waals surface area (Å²) in [6, 6.07) is 10.7. The maximum absolute atomic E-state index is 12.4. The minimum Gasteiger partial charge on any atom is -0.497 e. The molecule has 0 fully saturated rings. The monoisotopic (exact) mass is 271 g/mol. The first-order valence-electron chi connectivity index (χ1n) is 5.85. The summed E-state index contributed by atoms with van der Waals surface area (Å²) in [6.07, 6.45) is 0. The van der Waals surface area contributed by atoms with Crippen LogP contribution >= 0.6 is 0 Å². The molecular formula is C15H13NO4. The van der Waals surface area contributed by atoms with Gasteiger partial charge in [0.1, 0.15) is 5.75 Å². The number of methoxy groups -OCH3 is 1. The van der Waals surface area contributed by atoms with Crippen molar-refractivity contribution in [1.82, 2.24) is 0 Å². The number of carboxylic acid groups (broad SMARTS) is 1. The van der Waals surface area contributed by atoms with Crippen molar-refractivity contribution in [2.75, 3.05) is 12.8 Å². The second-order valence-corrected chi connectivity index (χ2v) is 4.13. The number of ether oxygens (including phenoxy) is 1. The van der Waals surface area contributed by atoms with Crippen LogP contribution < -0.4 is 10.5 Å². The smallest absolute Gasteiger partial charge is 0.336 e. The van der Waals surface area contributed by atoms with Gasteiger partial charge in [-0.25, -0.2) is 4.79 Å². The van der Waals surface area contributed by atoms with Crippen LogP contribution in [0.2, 0.25) is 0 Å². The molecule has 0 spiro atoms. The standard InChI is InChI=1S/C15H13NO4/c1-20-9-6-7-12(13(16)8-9)14(17)10-4-2-3-5-11(10)15(18)19/h2-8H,16H2,1H3,(H,18,19). The van der Waals surface area contributed by atoms with E-state index in [1.807, 2.05) is 0 Å². The molecule has 0 unspecified atom stereocenters. The molecule has 0 aliphatic rings. The number of carbonyl (C=O) groups is 2. The van der Waals surface area contributed by atoms with Crippen molar-refractivity contribution in [3.05, 3.63) is 59.2 Å². The lowest BCUT2D eigenvalue weighted by molar-refractivity contribution is 0.0693. The van der Waals surface area contributed by atoms with Gasteiger partial charge in [0.15, 0.2) is 5.78 Å². The summed E-state index contributed by atoms with van der Waals surface area (Å²) in [5.41, 5.74) is 6.37. The van der Waals surface area contributed by atoms with Crippen molar-refractivity contribution in [2.45, 2.75) is 0 Å². The molecule has 102 valence electrons. The highest BCUT2D eigenvalue weighted by Gasteiger charge is 2.19. The molecule has 2 aromatic carbocycles. The summed E-state index contributed by atoms with van der Waals surface area (Å²) in [4.78, 5) is 23.5. The normalized spacial score (nSPS) is 10.1. The van der Waals surface area contributed by atoms with Crippen molar-refractivity contribution >= 4 is 17.4 Å². The lowest BCUT2D eigenvalue weighted by Gasteiger charge is -2.09. The maximum Gasteiger partial charge on any atom is 0.336 e. The van der Waals surface area contributed by atoms with Gasteiger partial charge >= 0.3 is 5.97 Å². The van der Waals surface area contributed by atoms with Gasteiger partial charge in [0, 0.05) is 22.9 Å². The number of carbonyl (C=O) groups excluding carboxylic acids is 1. The molecule has 0 heterocycles. The molecule has 5 heteroatoms. The number of carboxylic acids is 1.